The molecule has 14 aromatic carbocycles. The molecule has 0 fully saturated rings. The second-order valence-electron chi connectivity index (χ2n) is 26.2. The fourth-order valence-electron chi connectivity index (χ4n) is 16.4. The number of para-hydroxylation sites is 6. The van der Waals surface area contributed by atoms with Crippen LogP contribution in [-0.4, -0.2) is 0 Å². The van der Waals surface area contributed by atoms with Crippen LogP contribution in [0.5, 0.6) is 0 Å². The second-order valence-corrected chi connectivity index (χ2v) is 26.2. The van der Waals surface area contributed by atoms with E-state index in [-0.39, 0.29) is 11.8 Å². The van der Waals surface area contributed by atoms with Gasteiger partial charge in [0, 0.05) is 55.4 Å². The van der Waals surface area contributed by atoms with Crippen LogP contribution in [0.15, 0.2) is 288 Å². The highest BCUT2D eigenvalue weighted by Gasteiger charge is 2.54. The number of hydrogen-bond donors (Lipinski definition) is 0. The van der Waals surface area contributed by atoms with Gasteiger partial charge in [-0.15, -0.1) is 0 Å². The maximum absolute atomic E-state index is 7.25. The molecule has 2 heterocycles. The number of aryl methyl sites for hydroxylation is 2. The fourth-order valence-corrected chi connectivity index (χ4v) is 16.4. The first-order valence-electron chi connectivity index (χ1n) is 32.8. The first kappa shape index (κ1) is 54.7. The van der Waals surface area contributed by atoms with E-state index < -0.39 is 5.41 Å². The molecule has 0 unspecified atom stereocenters. The lowest BCUT2D eigenvalue weighted by Crippen LogP contribution is -2.27. The summed E-state index contributed by atoms with van der Waals surface area (Å²) in [6.45, 7) is 13.8. The molecule has 0 saturated carbocycles. The summed E-state index contributed by atoms with van der Waals surface area (Å²) in [5.74, 6) is 0.392. The Kier molecular flexibility index (Phi) is 12.3. The molecule has 0 atom stereocenters. The van der Waals surface area contributed by atoms with Crippen LogP contribution in [0.3, 0.4) is 0 Å². The summed E-state index contributed by atoms with van der Waals surface area (Å²) in [5, 5.41) is 9.39. The molecule has 1 spiro atoms. The summed E-state index contributed by atoms with van der Waals surface area (Å²) >= 11 is 0. The molecule has 18 rings (SSSR count). The zero-order valence-electron chi connectivity index (χ0n) is 52.9. The van der Waals surface area contributed by atoms with Gasteiger partial charge in [-0.05, 0) is 198 Å². The van der Waals surface area contributed by atoms with Gasteiger partial charge in [0.2, 0.25) is 0 Å². The van der Waals surface area contributed by atoms with Crippen LogP contribution < -0.4 is 9.80 Å². The van der Waals surface area contributed by atoms with Crippen LogP contribution >= 0.6 is 0 Å². The fraction of sp³-hybridized carbons (Fsp3) is 0.101. The number of furan rings is 2. The molecule has 0 N–H and O–H groups in total. The van der Waals surface area contributed by atoms with Crippen molar-refractivity contribution in [1.82, 2.24) is 0 Å². The molecule has 4 nitrogen and oxygen atoms in total. The van der Waals surface area contributed by atoms with Crippen molar-refractivity contribution < 1.29 is 8.83 Å². The summed E-state index contributed by atoms with van der Waals surface area (Å²) in [5.41, 5.74) is 29.1. The van der Waals surface area contributed by atoms with Crippen LogP contribution in [0.4, 0.5) is 34.1 Å². The summed E-state index contributed by atoms with van der Waals surface area (Å²) in [4.78, 5) is 4.83. The molecule has 444 valence electrons. The van der Waals surface area contributed by atoms with Gasteiger partial charge in [-0.25, -0.2) is 0 Å². The van der Waals surface area contributed by atoms with E-state index in [0.29, 0.717) is 0 Å². The molecule has 0 saturated heterocycles. The Hall–Kier alpha value is -11.2. The molecular formula is C89H66N2O2. The van der Waals surface area contributed by atoms with Crippen molar-refractivity contribution >= 4 is 99.5 Å². The highest BCUT2D eigenvalue weighted by atomic mass is 16.3. The van der Waals surface area contributed by atoms with Crippen molar-refractivity contribution in [3.05, 3.63) is 324 Å². The topological polar surface area (TPSA) is 32.8 Å². The Morgan fingerprint density at radius 1 is 0.269 bits per heavy atom. The number of fused-ring (bicyclic) bond motifs is 20. The van der Waals surface area contributed by atoms with E-state index >= 15 is 0 Å². The lowest BCUT2D eigenvalue weighted by molar-refractivity contribution is 0.670. The van der Waals surface area contributed by atoms with E-state index in [0.717, 1.165) is 89.1 Å². The molecule has 93 heavy (non-hydrogen) atoms. The number of benzene rings is 14. The zero-order chi connectivity index (χ0) is 62.4. The van der Waals surface area contributed by atoms with Crippen molar-refractivity contribution in [1.29, 1.82) is 0 Å². The lowest BCUT2D eigenvalue weighted by atomic mass is 9.67. The van der Waals surface area contributed by atoms with Crippen LogP contribution in [0.1, 0.15) is 84.0 Å². The Bertz CT molecular complexity index is 5390. The highest BCUT2D eigenvalue weighted by molar-refractivity contribution is 6.17. The van der Waals surface area contributed by atoms with Gasteiger partial charge < -0.3 is 18.6 Å². The zero-order valence-corrected chi connectivity index (χ0v) is 52.9. The Morgan fingerprint density at radius 2 is 0.624 bits per heavy atom. The Balaban J connectivity index is 0.880. The molecule has 2 aliphatic rings. The van der Waals surface area contributed by atoms with Crippen molar-refractivity contribution in [2.24, 2.45) is 0 Å². The van der Waals surface area contributed by atoms with Gasteiger partial charge in [0.15, 0.2) is 11.2 Å². The van der Waals surface area contributed by atoms with Gasteiger partial charge in [-0.3, -0.25) is 0 Å². The third-order valence-electron chi connectivity index (χ3n) is 20.4. The van der Waals surface area contributed by atoms with Gasteiger partial charge in [-0.1, -0.05) is 234 Å². The minimum absolute atomic E-state index is 0.196. The van der Waals surface area contributed by atoms with Crippen molar-refractivity contribution in [3.63, 3.8) is 0 Å². The van der Waals surface area contributed by atoms with Crippen molar-refractivity contribution in [2.75, 3.05) is 9.80 Å². The molecule has 2 aliphatic carbocycles. The SMILES string of the molecule is Cc1ccccc1-c1cccc2c1oc1c(N(c3ccccc3)c3ccc4c5c(cc(C(C)C)c4c3)-c3cc(C(C)C)c4cc(N(c6ccccc6)c6cccc7c6oc6c(-c8ccccc8C)cccc67)ccc4c3C53c4ccccc4-c4ccccc43)cccc12. The number of rotatable bonds is 10. The lowest BCUT2D eigenvalue weighted by Gasteiger charge is -2.34. The first-order chi connectivity index (χ1) is 45.6. The molecule has 2 aromatic heterocycles. The van der Waals surface area contributed by atoms with Crippen LogP contribution in [-0.2, 0) is 5.41 Å². The predicted molar refractivity (Wildman–Crippen MR) is 390 cm³/mol. The van der Waals surface area contributed by atoms with Crippen molar-refractivity contribution in [3.8, 4) is 44.5 Å². The standard InChI is InChI=1S/C89H66N2O2/c1-53(2)73-51-77-78-52-74(54(3)4)76-50-60(91(58-29-11-8-12-30-58)82-44-24-40-72-70-38-22-36-68(86(70)93-88(72)82)62-32-16-14-26-56(62)6)46-48-66(76)84(78)89(79-41-19-17-33-63(79)64-34-18-20-42-80(64)89)83(77)65-47-45-59(49-75(65)73)90(57-27-9-7-10-28-57)81-43-23-39-71-69-37-21-35-67(85(69)92-87(71)81)61-31-15-13-25-55(61)5/h7-54H,1-6H3. The number of nitrogens with zero attached hydrogens (tertiary/aromatic N) is 2. The Labute approximate surface area is 541 Å². The second kappa shape index (κ2) is 20.9. The Morgan fingerprint density at radius 3 is 1.03 bits per heavy atom. The van der Waals surface area contributed by atoms with Gasteiger partial charge >= 0.3 is 0 Å². The average Bonchev–Trinajstić information content (AvgIpc) is 1.49. The minimum atomic E-state index is -0.677. The molecular weight excluding hydrogens is 1130 g/mol. The number of hydrogen-bond acceptors (Lipinski definition) is 4. The third-order valence-corrected chi connectivity index (χ3v) is 20.4. The van der Waals surface area contributed by atoms with E-state index in [2.05, 4.69) is 330 Å². The predicted octanol–water partition coefficient (Wildman–Crippen LogP) is 25.3. The van der Waals surface area contributed by atoms with Crippen molar-refractivity contribution in [2.45, 2.75) is 58.8 Å². The molecule has 16 aromatic rings. The van der Waals surface area contributed by atoms with Gasteiger partial charge in [0.05, 0.1) is 16.8 Å². The van der Waals surface area contributed by atoms with Crippen LogP contribution in [0.2, 0.25) is 0 Å². The van der Waals surface area contributed by atoms with E-state index in [4.69, 9.17) is 8.83 Å². The normalized spacial score (nSPS) is 12.9. The summed E-state index contributed by atoms with van der Waals surface area (Å²) in [6, 6.07) is 104. The van der Waals surface area contributed by atoms with Gasteiger partial charge in [0.1, 0.15) is 11.2 Å². The third kappa shape index (κ3) is 7.98. The molecule has 0 aliphatic heterocycles. The van der Waals surface area contributed by atoms with E-state index in [1.807, 2.05) is 0 Å². The quantitative estimate of drug-likeness (QED) is 0.137. The largest absolute Gasteiger partial charge is 0.453 e. The van der Waals surface area contributed by atoms with E-state index in [1.165, 1.54) is 99.4 Å². The van der Waals surface area contributed by atoms with E-state index in [1.54, 1.807) is 0 Å². The monoisotopic (exact) mass is 1190 g/mol. The van der Waals surface area contributed by atoms with E-state index in [9.17, 15) is 0 Å². The molecule has 0 bridgehead atoms. The molecule has 0 radical (unpaired) electrons. The summed E-state index contributed by atoms with van der Waals surface area (Å²) in [7, 11) is 0. The summed E-state index contributed by atoms with van der Waals surface area (Å²) < 4.78 is 14.5. The molecule has 4 heteroatoms. The number of anilines is 6. The van der Waals surface area contributed by atoms with Crippen LogP contribution in [0.25, 0.3) is 110 Å². The van der Waals surface area contributed by atoms with Gasteiger partial charge in [-0.2, -0.15) is 0 Å². The first-order valence-corrected chi connectivity index (χ1v) is 32.8. The molecule has 0 amide bonds. The smallest absolute Gasteiger partial charge is 0.159 e. The maximum atomic E-state index is 7.25. The minimum Gasteiger partial charge on any atom is -0.453 e. The van der Waals surface area contributed by atoms with Gasteiger partial charge in [0.25, 0.3) is 0 Å². The highest BCUT2D eigenvalue weighted by Crippen LogP contribution is 2.67. The average molecular weight is 1200 g/mol. The maximum Gasteiger partial charge on any atom is 0.159 e. The summed E-state index contributed by atoms with van der Waals surface area (Å²) in [6.07, 6.45) is 0. The van der Waals surface area contributed by atoms with Crippen LogP contribution in [0, 0.1) is 13.8 Å².